The molecule has 0 spiro atoms. The molecule has 1 rings (SSSR count). The Morgan fingerprint density at radius 2 is 1.58 bits per heavy atom. The van der Waals surface area contributed by atoms with Crippen LogP contribution in [-0.4, -0.2) is 8.42 Å². The second-order valence-electron chi connectivity index (χ2n) is 2.32. The van der Waals surface area contributed by atoms with Crippen molar-refractivity contribution in [1.29, 1.82) is 0 Å². The van der Waals surface area contributed by atoms with Gasteiger partial charge in [-0.05, 0) is 19.1 Å². The first-order valence-electron chi connectivity index (χ1n) is 3.06. The van der Waals surface area contributed by atoms with Crippen LogP contribution in [0.2, 0.25) is 0 Å². The Labute approximate surface area is 94.3 Å². The van der Waals surface area contributed by atoms with E-state index in [0.717, 1.165) is 5.56 Å². The fourth-order valence-corrected chi connectivity index (χ4v) is 1.21. The van der Waals surface area contributed by atoms with Crippen LogP contribution in [0.3, 0.4) is 0 Å². The maximum Gasteiger partial charge on any atom is 1.00 e. The summed E-state index contributed by atoms with van der Waals surface area (Å²) in [7, 11) is -3.77. The van der Waals surface area contributed by atoms with Crippen LogP contribution in [0.15, 0.2) is 29.2 Å². The molecule has 1 N–H and O–H groups in total. The zero-order chi connectivity index (χ0) is 8.48. The van der Waals surface area contributed by atoms with E-state index in [-0.39, 0.29) is 34.5 Å². The van der Waals surface area contributed by atoms with E-state index < -0.39 is 10.0 Å². The minimum Gasteiger partial charge on any atom is -0.560 e. The minimum atomic E-state index is -3.77. The van der Waals surface area contributed by atoms with Crippen LogP contribution in [0.5, 0.6) is 0 Å². The van der Waals surface area contributed by atoms with Gasteiger partial charge >= 0.3 is 29.6 Å². The summed E-state index contributed by atoms with van der Waals surface area (Å²) in [6.45, 7) is 1.86. The first kappa shape index (κ1) is 12.1. The summed E-state index contributed by atoms with van der Waals surface area (Å²) >= 11 is 0. The third-order valence-electron chi connectivity index (χ3n) is 1.33. The zero-order valence-corrected chi connectivity index (χ0v) is 9.85. The van der Waals surface area contributed by atoms with E-state index in [1.807, 2.05) is 6.92 Å². The van der Waals surface area contributed by atoms with Gasteiger partial charge in [-0.25, -0.2) is 8.42 Å². The maximum atomic E-state index is 10.6. The summed E-state index contributed by atoms with van der Waals surface area (Å²) in [5.74, 6) is 0. The molecule has 0 radical (unpaired) electrons. The number of aryl methyl sites for hydroxylation is 1. The molecule has 1 aromatic rings. The van der Waals surface area contributed by atoms with Crippen LogP contribution in [-0.2, 0) is 10.0 Å². The summed E-state index contributed by atoms with van der Waals surface area (Å²) in [5.41, 5.74) is 0.984. The molecule has 1 aromatic carbocycles. The molecule has 0 unspecified atom stereocenters. The van der Waals surface area contributed by atoms with Crippen LogP contribution in [0.1, 0.15) is 5.56 Å². The molecule has 60 valence electrons. The molecule has 12 heavy (non-hydrogen) atoms. The number of hydrogen-bond donors (Lipinski definition) is 0. The van der Waals surface area contributed by atoms with E-state index in [1.165, 1.54) is 12.1 Å². The monoisotopic (exact) mass is 193 g/mol. The SMILES string of the molecule is Cc1ccc(S([NH-])(=O)=O)cc1.[Na+]. The van der Waals surface area contributed by atoms with Crippen molar-refractivity contribution in [2.24, 2.45) is 0 Å². The van der Waals surface area contributed by atoms with Crippen molar-refractivity contribution >= 4 is 10.0 Å². The summed E-state index contributed by atoms with van der Waals surface area (Å²) in [5, 5.41) is 6.72. The average molecular weight is 193 g/mol. The van der Waals surface area contributed by atoms with Crippen molar-refractivity contribution in [1.82, 2.24) is 0 Å². The molecule has 0 aromatic heterocycles. The summed E-state index contributed by atoms with van der Waals surface area (Å²) in [4.78, 5) is 0.0445. The van der Waals surface area contributed by atoms with Gasteiger partial charge in [-0.1, -0.05) is 17.7 Å². The Kier molecular flexibility index (Phi) is 4.44. The van der Waals surface area contributed by atoms with Crippen LogP contribution < -0.4 is 29.6 Å². The van der Waals surface area contributed by atoms with Crippen molar-refractivity contribution in [3.05, 3.63) is 35.0 Å². The standard InChI is InChI=1S/C7H8NO2S.Na/c1-6-2-4-7(5-3-6)11(8,9)10;/h2-5H,1H3,(H-,8,9,10);/q-1;+1. The van der Waals surface area contributed by atoms with Gasteiger partial charge in [0.2, 0.25) is 0 Å². The Balaban J connectivity index is 0.00000121. The molecule has 0 aliphatic heterocycles. The molecule has 0 aliphatic rings. The predicted molar refractivity (Wildman–Crippen MR) is 42.7 cm³/mol. The van der Waals surface area contributed by atoms with Crippen molar-refractivity contribution in [2.75, 3.05) is 0 Å². The van der Waals surface area contributed by atoms with Gasteiger partial charge in [0.1, 0.15) is 0 Å². The molecule has 0 saturated heterocycles. The molecule has 5 heteroatoms. The van der Waals surface area contributed by atoms with Crippen LogP contribution >= 0.6 is 0 Å². The van der Waals surface area contributed by atoms with Gasteiger partial charge in [-0.15, -0.1) is 0 Å². The molecule has 0 fully saturated rings. The van der Waals surface area contributed by atoms with Crippen molar-refractivity contribution in [2.45, 2.75) is 11.8 Å². The third-order valence-corrected chi connectivity index (χ3v) is 2.22. The fraction of sp³-hybridized carbons (Fsp3) is 0.143. The van der Waals surface area contributed by atoms with Gasteiger partial charge in [0.25, 0.3) is 0 Å². The van der Waals surface area contributed by atoms with Crippen molar-refractivity contribution in [3.63, 3.8) is 0 Å². The first-order valence-corrected chi connectivity index (χ1v) is 4.55. The van der Waals surface area contributed by atoms with E-state index in [4.69, 9.17) is 5.14 Å². The van der Waals surface area contributed by atoms with Gasteiger partial charge in [-0.2, -0.15) is 0 Å². The van der Waals surface area contributed by atoms with E-state index in [9.17, 15) is 8.42 Å². The fourth-order valence-electron chi connectivity index (χ4n) is 0.717. The second-order valence-corrected chi connectivity index (χ2v) is 3.79. The molecule has 0 saturated carbocycles. The summed E-state index contributed by atoms with van der Waals surface area (Å²) in [6.07, 6.45) is 0. The summed E-state index contributed by atoms with van der Waals surface area (Å²) in [6, 6.07) is 6.19. The first-order chi connectivity index (χ1) is 5.00. The Morgan fingerprint density at radius 3 is 1.92 bits per heavy atom. The average Bonchev–Trinajstić information content (AvgIpc) is 1.86. The number of benzene rings is 1. The van der Waals surface area contributed by atoms with Crippen molar-refractivity contribution < 1.29 is 38.0 Å². The Bertz CT molecular complexity index is 344. The van der Waals surface area contributed by atoms with E-state index in [1.54, 1.807) is 12.1 Å². The van der Waals surface area contributed by atoms with Crippen molar-refractivity contribution in [3.8, 4) is 0 Å². The van der Waals surface area contributed by atoms with E-state index in [0.29, 0.717) is 0 Å². The number of hydrogen-bond acceptors (Lipinski definition) is 2. The quantitative estimate of drug-likeness (QED) is 0.523. The maximum absolute atomic E-state index is 10.6. The molecule has 0 amide bonds. The molecule has 0 bridgehead atoms. The van der Waals surface area contributed by atoms with E-state index in [2.05, 4.69) is 0 Å². The van der Waals surface area contributed by atoms with Crippen LogP contribution in [0, 0.1) is 6.92 Å². The molecular formula is C7H8NNaO2S. The predicted octanol–water partition coefficient (Wildman–Crippen LogP) is -1.26. The van der Waals surface area contributed by atoms with Gasteiger partial charge in [0, 0.05) is 4.90 Å². The number of sulfonamides is 1. The molecule has 0 atom stereocenters. The third kappa shape index (κ3) is 3.25. The molecule has 0 aliphatic carbocycles. The minimum absolute atomic E-state index is 0. The smallest absolute Gasteiger partial charge is 0.560 e. The Hall–Kier alpha value is 0.130. The van der Waals surface area contributed by atoms with E-state index >= 15 is 0 Å². The topological polar surface area (TPSA) is 57.9 Å². The van der Waals surface area contributed by atoms with Gasteiger partial charge in [0.15, 0.2) is 0 Å². The number of nitrogens with one attached hydrogen (secondary N) is 1. The normalized spacial score (nSPS) is 10.5. The molecule has 0 heterocycles. The van der Waals surface area contributed by atoms with Gasteiger partial charge in [-0.3, -0.25) is 0 Å². The Morgan fingerprint density at radius 1 is 1.17 bits per heavy atom. The van der Waals surface area contributed by atoms with Gasteiger partial charge < -0.3 is 5.14 Å². The van der Waals surface area contributed by atoms with Crippen LogP contribution in [0.4, 0.5) is 0 Å². The van der Waals surface area contributed by atoms with Crippen LogP contribution in [0.25, 0.3) is 5.14 Å². The zero-order valence-electron chi connectivity index (χ0n) is 7.03. The summed E-state index contributed by atoms with van der Waals surface area (Å²) < 4.78 is 21.2. The van der Waals surface area contributed by atoms with Gasteiger partial charge in [0.05, 0.1) is 10.0 Å². The second kappa shape index (κ2) is 4.39. The number of rotatable bonds is 1. The molecular weight excluding hydrogens is 185 g/mol. The largest absolute Gasteiger partial charge is 1.00 e. The molecule has 3 nitrogen and oxygen atoms in total.